The molecule has 0 radical (unpaired) electrons. The molecule has 518 valence electrons. The summed E-state index contributed by atoms with van der Waals surface area (Å²) >= 11 is 0. The number of aromatic hydroxyl groups is 2. The number of carbonyl (C=O) groups excluding carboxylic acids is 2. The van der Waals surface area contributed by atoms with Gasteiger partial charge in [-0.05, 0) is 113 Å². The number of hydrogen-bond donors (Lipinski definition) is 6. The summed E-state index contributed by atoms with van der Waals surface area (Å²) in [5, 5.41) is 71.5. The number of phenols is 2. The van der Waals surface area contributed by atoms with Crippen LogP contribution in [-0.4, -0.2) is 203 Å². The van der Waals surface area contributed by atoms with Crippen molar-refractivity contribution in [2.75, 3.05) is 34.0 Å². The minimum atomic E-state index is -2.52. The van der Waals surface area contributed by atoms with Gasteiger partial charge in [0, 0.05) is 80.0 Å². The number of hydrogen-bond acceptors (Lipinski definition) is 24. The first-order valence-electron chi connectivity index (χ1n) is 32.4. The van der Waals surface area contributed by atoms with E-state index in [1.807, 2.05) is 34.6 Å². The van der Waals surface area contributed by atoms with Crippen molar-refractivity contribution in [1.82, 2.24) is 0 Å². The molecular weight excluding hydrogens is 1190 g/mol. The number of methoxy groups -OCH3 is 2. The molecule has 6 N–H and O–H groups in total. The third kappa shape index (κ3) is 13.5. The molecule has 91 heavy (non-hydrogen) atoms. The van der Waals surface area contributed by atoms with Gasteiger partial charge in [0.2, 0.25) is 6.29 Å². The minimum Gasteiger partial charge on any atom is -0.507 e. The first-order chi connectivity index (χ1) is 42.3. The van der Waals surface area contributed by atoms with E-state index in [9.17, 15) is 30.6 Å². The summed E-state index contributed by atoms with van der Waals surface area (Å²) in [7, 11) is 2.78. The Labute approximate surface area is 536 Å². The highest BCUT2D eigenvalue weighted by Crippen LogP contribution is 2.65. The van der Waals surface area contributed by atoms with E-state index in [0.29, 0.717) is 13.0 Å². The Bertz CT molecular complexity index is 2840. The van der Waals surface area contributed by atoms with Gasteiger partial charge >= 0.3 is 0 Å². The van der Waals surface area contributed by atoms with Gasteiger partial charge in [-0.2, -0.15) is 0 Å². The molecule has 5 fully saturated rings. The molecule has 23 atom stereocenters. The summed E-state index contributed by atoms with van der Waals surface area (Å²) in [4.78, 5) is 54.3. The van der Waals surface area contributed by atoms with Crippen LogP contribution >= 0.6 is 0 Å². The van der Waals surface area contributed by atoms with Gasteiger partial charge in [0.25, 0.3) is 0 Å². The van der Waals surface area contributed by atoms with E-state index < -0.39 is 143 Å². The SMILES string of the molecule is CCOOC1CC(Oc2cc3cc4c(c(O)c3c(O)c2C)C(=O)C(C)(OC2CC(OC3CC(OC5CC(C)(C)C(OOCC)C(C)O5)C(C)C(C)O3)C(O)C(C)O2)C(C)(C(C)(OC)C(=O)C(C)(O)C(C)(C)O)C4(C)C)OC(C)C1COC1CC(O)C(OC)C(C)O1. The largest absolute Gasteiger partial charge is 0.507 e. The summed E-state index contributed by atoms with van der Waals surface area (Å²) < 4.78 is 76.9. The van der Waals surface area contributed by atoms with E-state index in [2.05, 4.69) is 13.8 Å². The molecule has 0 amide bonds. The van der Waals surface area contributed by atoms with E-state index in [1.54, 1.807) is 60.6 Å². The van der Waals surface area contributed by atoms with Crippen LogP contribution in [0.2, 0.25) is 0 Å². The lowest BCUT2D eigenvalue weighted by Gasteiger charge is -2.64. The highest BCUT2D eigenvalue weighted by Gasteiger charge is 2.75. The lowest BCUT2D eigenvalue weighted by molar-refractivity contribution is -0.388. The molecule has 5 heterocycles. The molecule has 24 nitrogen and oxygen atoms in total. The van der Waals surface area contributed by atoms with Gasteiger partial charge in [-0.25, -0.2) is 19.6 Å². The monoisotopic (exact) mass is 1290 g/mol. The number of aliphatic hydroxyl groups is 4. The highest BCUT2D eigenvalue weighted by molar-refractivity contribution is 6.14. The third-order valence-electron chi connectivity index (χ3n) is 21.7. The first kappa shape index (κ1) is 73.5. The van der Waals surface area contributed by atoms with Crippen molar-refractivity contribution in [3.63, 3.8) is 0 Å². The van der Waals surface area contributed by atoms with Gasteiger partial charge < -0.3 is 87.5 Å². The topological polar surface area (TPSA) is 303 Å². The van der Waals surface area contributed by atoms with Crippen LogP contribution in [-0.2, 0) is 81.9 Å². The first-order valence-corrected chi connectivity index (χ1v) is 32.4. The number of fused-ring (bicyclic) bond motifs is 2. The van der Waals surface area contributed by atoms with Crippen LogP contribution in [0, 0.1) is 29.6 Å². The van der Waals surface area contributed by atoms with Gasteiger partial charge in [0.15, 0.2) is 42.3 Å². The zero-order valence-corrected chi connectivity index (χ0v) is 57.3. The molecule has 5 aliphatic heterocycles. The van der Waals surface area contributed by atoms with E-state index in [1.165, 1.54) is 48.8 Å². The van der Waals surface area contributed by atoms with Crippen molar-refractivity contribution in [3.8, 4) is 17.2 Å². The van der Waals surface area contributed by atoms with Crippen LogP contribution in [0.15, 0.2) is 12.1 Å². The fourth-order valence-corrected chi connectivity index (χ4v) is 15.0. The third-order valence-corrected chi connectivity index (χ3v) is 21.7. The molecule has 2 aromatic carbocycles. The Morgan fingerprint density at radius 1 is 0.692 bits per heavy atom. The van der Waals surface area contributed by atoms with Crippen LogP contribution in [0.4, 0.5) is 0 Å². The van der Waals surface area contributed by atoms with Crippen LogP contribution in [0.1, 0.15) is 178 Å². The molecule has 0 spiro atoms. The van der Waals surface area contributed by atoms with Gasteiger partial charge in [-0.15, -0.1) is 0 Å². The quantitative estimate of drug-likeness (QED) is 0.0456. The maximum Gasteiger partial charge on any atom is 0.202 e. The van der Waals surface area contributed by atoms with Crippen LogP contribution in [0.25, 0.3) is 10.8 Å². The zero-order valence-electron chi connectivity index (χ0n) is 57.3. The number of phenolic OH excluding ortho intramolecular Hbond substituents is 2. The van der Waals surface area contributed by atoms with Crippen molar-refractivity contribution >= 4 is 22.3 Å². The predicted molar refractivity (Wildman–Crippen MR) is 328 cm³/mol. The van der Waals surface area contributed by atoms with Crippen molar-refractivity contribution in [3.05, 3.63) is 28.8 Å². The van der Waals surface area contributed by atoms with Gasteiger partial charge in [-0.3, -0.25) is 9.59 Å². The van der Waals surface area contributed by atoms with Gasteiger partial charge in [0.05, 0.1) is 85.2 Å². The van der Waals surface area contributed by atoms with Crippen molar-refractivity contribution in [1.29, 1.82) is 0 Å². The molecule has 8 rings (SSSR count). The van der Waals surface area contributed by atoms with Crippen LogP contribution in [0.3, 0.4) is 0 Å². The van der Waals surface area contributed by atoms with E-state index in [-0.39, 0.29) is 108 Å². The Morgan fingerprint density at radius 3 is 1.88 bits per heavy atom. The second kappa shape index (κ2) is 27.7. The number of benzene rings is 2. The van der Waals surface area contributed by atoms with Gasteiger partial charge in [0.1, 0.15) is 52.9 Å². The molecule has 2 aromatic rings. The highest BCUT2D eigenvalue weighted by atomic mass is 17.2. The Morgan fingerprint density at radius 2 is 1.27 bits per heavy atom. The summed E-state index contributed by atoms with van der Waals surface area (Å²) in [5.41, 5.74) is -12.8. The number of carbonyl (C=O) groups is 2. The summed E-state index contributed by atoms with van der Waals surface area (Å²) in [6, 6.07) is 3.25. The van der Waals surface area contributed by atoms with Crippen LogP contribution < -0.4 is 4.74 Å². The lowest BCUT2D eigenvalue weighted by Crippen LogP contribution is -2.77. The lowest BCUT2D eigenvalue weighted by atomic mass is 9.43. The summed E-state index contributed by atoms with van der Waals surface area (Å²) in [5.74, 6) is -3.16. The summed E-state index contributed by atoms with van der Waals surface area (Å²) in [6.07, 6.45) is -11.2. The molecule has 1 aliphatic carbocycles. The second-order valence-corrected chi connectivity index (χ2v) is 28.6. The van der Waals surface area contributed by atoms with Crippen molar-refractivity contribution in [2.45, 2.75) is 296 Å². The molecule has 0 bridgehead atoms. The van der Waals surface area contributed by atoms with E-state index in [0.717, 1.165) is 0 Å². The smallest absolute Gasteiger partial charge is 0.202 e. The predicted octanol–water partition coefficient (Wildman–Crippen LogP) is 7.84. The Hall–Kier alpha value is -3.32. The van der Waals surface area contributed by atoms with Crippen LogP contribution in [0.5, 0.6) is 17.2 Å². The van der Waals surface area contributed by atoms with Crippen molar-refractivity contribution in [2.24, 2.45) is 22.7 Å². The average Bonchev–Trinajstić information content (AvgIpc) is 0.665. The molecule has 5 saturated heterocycles. The maximum absolute atomic E-state index is 16.3. The normalized spacial score (nSPS) is 39.2. The number of ketones is 2. The van der Waals surface area contributed by atoms with Crippen molar-refractivity contribution < 1.29 is 117 Å². The fraction of sp³-hybridized carbons (Fsp3) is 0.821. The number of rotatable bonds is 23. The van der Waals surface area contributed by atoms with E-state index >= 15 is 9.59 Å². The molecule has 0 saturated carbocycles. The van der Waals surface area contributed by atoms with Gasteiger partial charge in [-0.1, -0.05) is 41.5 Å². The number of aliphatic hydroxyl groups excluding tert-OH is 2. The second-order valence-electron chi connectivity index (χ2n) is 28.6. The zero-order chi connectivity index (χ0) is 67.6. The number of ether oxygens (including phenoxy) is 12. The Kier molecular flexibility index (Phi) is 22.3. The van der Waals surface area contributed by atoms with E-state index in [4.69, 9.17) is 76.4 Å². The maximum atomic E-state index is 16.3. The Balaban J connectivity index is 1.12. The molecule has 23 unspecified atom stereocenters. The standard InChI is InChI=1S/C67H106O24/c1-22-79-90-45-28-49(82-35(6)40(45)31-78-47-26-42(68)57(76-20)37(8)84-47)86-43-25-39-24-41-53(56(71)52(39)54(69)33(43)4)58(72)65(17,67(19,62(41,12)13)66(18,77-21)60(73)64(16,75)63(14,15)74)89-50-29-46(55(70)36(7)83-50)88-48-27-44(32(3)34(5)81-48)87-51-30-61(10,11)59(38(9)85-51)91-80-23-2/h24-25,32,34-38,40,42,44-51,55,57,59,68-71,74-75H,22-23,26-31H2,1-21H3. The fourth-order valence-electron chi connectivity index (χ4n) is 15.0. The molecule has 24 heteroatoms. The molecular formula is C67H106O24. The molecule has 6 aliphatic rings. The molecule has 0 aromatic heterocycles. The summed E-state index contributed by atoms with van der Waals surface area (Å²) in [6.45, 7) is 33.1. The number of Topliss-reactive ketones (excluding diaryl/α,β-unsaturated/α-hetero) is 2. The minimum absolute atomic E-state index is 0.0892. The average molecular weight is 1300 g/mol.